The van der Waals surface area contributed by atoms with Gasteiger partial charge in [0.15, 0.2) is 0 Å². The molecule has 1 aromatic heterocycles. The number of hydrogen-bond acceptors (Lipinski definition) is 6. The Kier molecular flexibility index (Phi) is 6.97. The van der Waals surface area contributed by atoms with Crippen molar-refractivity contribution >= 4 is 27.4 Å². The monoisotopic (exact) mass is 281 g/mol. The quantitative estimate of drug-likeness (QED) is 0.627. The van der Waals surface area contributed by atoms with E-state index in [2.05, 4.69) is 4.74 Å². The van der Waals surface area contributed by atoms with Crippen molar-refractivity contribution in [2.75, 3.05) is 13.4 Å². The summed E-state index contributed by atoms with van der Waals surface area (Å²) in [7, 11) is -2.30. The molecule has 0 spiro atoms. The first-order valence-corrected chi connectivity index (χ1v) is 7.25. The first-order chi connectivity index (χ1) is 7.74. The van der Waals surface area contributed by atoms with Crippen molar-refractivity contribution in [3.05, 3.63) is 22.4 Å². The number of carbonyl (C=O) groups excluding carboxylic acids is 1. The Morgan fingerprint density at radius 2 is 2.18 bits per heavy atom. The number of thiophene rings is 1. The highest BCUT2D eigenvalue weighted by atomic mass is 32.2. The standard InChI is InChI=1S/C8H11NO2S.CH4O3S/c1-11-8(10)5-6(9)7-3-2-4-12-7;1-5(2,3)4/h2-4,6H,5,9H2,1H3;1H3,(H,2,3,4)/t6-;/m1./s1. The molecule has 1 heterocycles. The molecule has 0 amide bonds. The van der Waals surface area contributed by atoms with Gasteiger partial charge in [-0.1, -0.05) is 6.07 Å². The first-order valence-electron chi connectivity index (χ1n) is 4.52. The van der Waals surface area contributed by atoms with E-state index in [-0.39, 0.29) is 18.4 Å². The molecule has 0 radical (unpaired) electrons. The minimum absolute atomic E-state index is 0.225. The van der Waals surface area contributed by atoms with Crippen LogP contribution in [0.1, 0.15) is 17.3 Å². The van der Waals surface area contributed by atoms with Crippen LogP contribution in [0.5, 0.6) is 0 Å². The van der Waals surface area contributed by atoms with Crippen LogP contribution in [-0.4, -0.2) is 32.3 Å². The van der Waals surface area contributed by atoms with Gasteiger partial charge in [0, 0.05) is 10.9 Å². The summed E-state index contributed by atoms with van der Waals surface area (Å²) in [5, 5.41) is 1.94. The molecule has 0 fully saturated rings. The molecule has 98 valence electrons. The van der Waals surface area contributed by atoms with Gasteiger partial charge in [0.05, 0.1) is 19.8 Å². The van der Waals surface area contributed by atoms with Crippen LogP contribution in [-0.2, 0) is 19.6 Å². The van der Waals surface area contributed by atoms with Gasteiger partial charge in [0.1, 0.15) is 0 Å². The molecule has 0 aliphatic carbocycles. The number of methoxy groups -OCH3 is 1. The van der Waals surface area contributed by atoms with Crippen LogP contribution in [0.2, 0.25) is 0 Å². The van der Waals surface area contributed by atoms with Gasteiger partial charge < -0.3 is 10.5 Å². The molecule has 0 aliphatic rings. The van der Waals surface area contributed by atoms with Crippen molar-refractivity contribution in [3.63, 3.8) is 0 Å². The van der Waals surface area contributed by atoms with Gasteiger partial charge in [0.25, 0.3) is 10.1 Å². The molecule has 0 aromatic carbocycles. The van der Waals surface area contributed by atoms with Gasteiger partial charge in [-0.3, -0.25) is 9.35 Å². The van der Waals surface area contributed by atoms with Crippen LogP contribution in [0.15, 0.2) is 17.5 Å². The first kappa shape index (κ1) is 16.0. The largest absolute Gasteiger partial charge is 0.469 e. The fourth-order valence-corrected chi connectivity index (χ4v) is 1.60. The van der Waals surface area contributed by atoms with Gasteiger partial charge in [-0.25, -0.2) is 0 Å². The number of ether oxygens (including phenoxy) is 1. The summed E-state index contributed by atoms with van der Waals surface area (Å²) in [6, 6.07) is 3.60. The highest BCUT2D eigenvalue weighted by Gasteiger charge is 2.11. The van der Waals surface area contributed by atoms with Gasteiger partial charge in [0.2, 0.25) is 0 Å². The Morgan fingerprint density at radius 3 is 2.53 bits per heavy atom. The summed E-state index contributed by atoms with van der Waals surface area (Å²) < 4.78 is 30.4. The summed E-state index contributed by atoms with van der Waals surface area (Å²) >= 11 is 1.55. The van der Waals surface area contributed by atoms with Crippen molar-refractivity contribution in [1.29, 1.82) is 0 Å². The zero-order valence-corrected chi connectivity index (χ0v) is 11.1. The molecule has 1 aromatic rings. The lowest BCUT2D eigenvalue weighted by Gasteiger charge is -2.06. The maximum atomic E-state index is 10.8. The lowest BCUT2D eigenvalue weighted by molar-refractivity contribution is -0.141. The lowest BCUT2D eigenvalue weighted by atomic mass is 10.2. The lowest BCUT2D eigenvalue weighted by Crippen LogP contribution is -2.14. The third-order valence-electron chi connectivity index (χ3n) is 1.52. The fourth-order valence-electron chi connectivity index (χ4n) is 0.866. The highest BCUT2D eigenvalue weighted by Crippen LogP contribution is 2.19. The van der Waals surface area contributed by atoms with Crippen molar-refractivity contribution < 1.29 is 22.5 Å². The van der Waals surface area contributed by atoms with Crippen LogP contribution < -0.4 is 5.73 Å². The maximum absolute atomic E-state index is 10.8. The minimum atomic E-state index is -3.67. The van der Waals surface area contributed by atoms with Gasteiger partial charge in [-0.15, -0.1) is 11.3 Å². The SMILES string of the molecule is COC(=O)C[C@@H](N)c1cccs1.CS(=O)(=O)O. The number of esters is 1. The average molecular weight is 281 g/mol. The number of hydrogen-bond donors (Lipinski definition) is 2. The van der Waals surface area contributed by atoms with E-state index in [1.54, 1.807) is 11.3 Å². The Hall–Kier alpha value is -0.960. The molecule has 0 aliphatic heterocycles. The predicted molar refractivity (Wildman–Crippen MR) is 65.4 cm³/mol. The highest BCUT2D eigenvalue weighted by molar-refractivity contribution is 7.85. The predicted octanol–water partition coefficient (Wildman–Crippen LogP) is 0.815. The van der Waals surface area contributed by atoms with Crippen molar-refractivity contribution in [2.24, 2.45) is 5.73 Å². The Bertz CT molecular complexity index is 418. The molecule has 0 saturated heterocycles. The van der Waals surface area contributed by atoms with Gasteiger partial charge in [-0.05, 0) is 11.4 Å². The fraction of sp³-hybridized carbons (Fsp3) is 0.444. The van der Waals surface area contributed by atoms with E-state index in [0.29, 0.717) is 6.26 Å². The molecule has 0 bridgehead atoms. The molecule has 1 rings (SSSR count). The van der Waals surface area contributed by atoms with E-state index in [9.17, 15) is 13.2 Å². The molecular weight excluding hydrogens is 266 g/mol. The average Bonchev–Trinajstić information content (AvgIpc) is 2.67. The van der Waals surface area contributed by atoms with Crippen LogP contribution in [0.25, 0.3) is 0 Å². The molecule has 6 nitrogen and oxygen atoms in total. The summed E-state index contributed by atoms with van der Waals surface area (Å²) in [5.41, 5.74) is 5.73. The van der Waals surface area contributed by atoms with Crippen molar-refractivity contribution in [1.82, 2.24) is 0 Å². The van der Waals surface area contributed by atoms with E-state index < -0.39 is 10.1 Å². The van der Waals surface area contributed by atoms with E-state index in [0.717, 1.165) is 4.88 Å². The van der Waals surface area contributed by atoms with Gasteiger partial charge in [-0.2, -0.15) is 8.42 Å². The second-order valence-corrected chi connectivity index (χ2v) is 5.58. The van der Waals surface area contributed by atoms with Crippen LogP contribution in [0.4, 0.5) is 0 Å². The number of nitrogens with two attached hydrogens (primary N) is 1. The van der Waals surface area contributed by atoms with E-state index in [1.807, 2.05) is 17.5 Å². The maximum Gasteiger partial charge on any atom is 0.307 e. The summed E-state index contributed by atoms with van der Waals surface area (Å²) in [6.07, 6.45) is 0.962. The Labute approximate surface area is 104 Å². The van der Waals surface area contributed by atoms with Crippen molar-refractivity contribution in [3.8, 4) is 0 Å². The summed E-state index contributed by atoms with van der Waals surface area (Å²) in [4.78, 5) is 11.8. The van der Waals surface area contributed by atoms with E-state index in [1.165, 1.54) is 7.11 Å². The topological polar surface area (TPSA) is 107 Å². The van der Waals surface area contributed by atoms with Crippen molar-refractivity contribution in [2.45, 2.75) is 12.5 Å². The smallest absolute Gasteiger partial charge is 0.307 e. The summed E-state index contributed by atoms with van der Waals surface area (Å²) in [6.45, 7) is 0. The minimum Gasteiger partial charge on any atom is -0.469 e. The van der Waals surface area contributed by atoms with Crippen LogP contribution in [0.3, 0.4) is 0 Å². The Balaban J connectivity index is 0.000000437. The molecule has 8 heteroatoms. The molecule has 0 saturated carbocycles. The third-order valence-corrected chi connectivity index (χ3v) is 2.53. The zero-order valence-electron chi connectivity index (χ0n) is 9.49. The molecule has 0 unspecified atom stereocenters. The summed E-state index contributed by atoms with van der Waals surface area (Å²) in [5.74, 6) is -0.268. The van der Waals surface area contributed by atoms with Crippen LogP contribution in [0, 0.1) is 0 Å². The molecular formula is C9H15NO5S2. The molecule has 3 N–H and O–H groups in total. The Morgan fingerprint density at radius 1 is 1.65 bits per heavy atom. The van der Waals surface area contributed by atoms with Crippen LogP contribution >= 0.6 is 11.3 Å². The normalized spacial score (nSPS) is 12.2. The molecule has 1 atom stereocenters. The second-order valence-electron chi connectivity index (χ2n) is 3.14. The van der Waals surface area contributed by atoms with E-state index >= 15 is 0 Å². The second kappa shape index (κ2) is 7.38. The zero-order chi connectivity index (χ0) is 13.5. The molecule has 17 heavy (non-hydrogen) atoms. The third kappa shape index (κ3) is 9.94. The number of rotatable bonds is 3. The number of carbonyl (C=O) groups is 1. The van der Waals surface area contributed by atoms with Gasteiger partial charge >= 0.3 is 5.97 Å². The van der Waals surface area contributed by atoms with E-state index in [4.69, 9.17) is 10.3 Å².